The first kappa shape index (κ1) is 16.0. The lowest BCUT2D eigenvalue weighted by molar-refractivity contribution is -0.384. The standard InChI is InChI=1S/C12H14ClNO6S/c13-11-7-9(14(15)16)4-5-12(11)20-21(17,18)8-10-3-1-2-6-19-10/h4-5,7,10H,1-3,6,8H2. The van der Waals surface area contributed by atoms with Crippen LogP contribution in [-0.2, 0) is 14.9 Å². The van der Waals surface area contributed by atoms with Crippen LogP contribution >= 0.6 is 11.6 Å². The number of ether oxygens (including phenoxy) is 1. The second-order valence-corrected chi connectivity index (χ2v) is 6.69. The molecule has 0 saturated carbocycles. The second kappa shape index (κ2) is 6.59. The van der Waals surface area contributed by atoms with Crippen molar-refractivity contribution < 1.29 is 22.3 Å². The van der Waals surface area contributed by atoms with Crippen LogP contribution in [0.2, 0.25) is 5.02 Å². The molecule has 0 amide bonds. The molecule has 1 heterocycles. The molecule has 1 aromatic rings. The van der Waals surface area contributed by atoms with Gasteiger partial charge in [-0.25, -0.2) is 0 Å². The summed E-state index contributed by atoms with van der Waals surface area (Å²) in [6.07, 6.45) is 2.11. The van der Waals surface area contributed by atoms with Crippen LogP contribution in [0.5, 0.6) is 5.75 Å². The smallest absolute Gasteiger partial charge is 0.311 e. The number of halogens is 1. The Bertz CT molecular complexity index is 627. The average molecular weight is 336 g/mol. The predicted molar refractivity (Wildman–Crippen MR) is 76.1 cm³/mol. The molecule has 0 radical (unpaired) electrons. The van der Waals surface area contributed by atoms with Gasteiger partial charge in [-0.2, -0.15) is 8.42 Å². The highest BCUT2D eigenvalue weighted by Crippen LogP contribution is 2.30. The largest absolute Gasteiger partial charge is 0.381 e. The Morgan fingerprint density at radius 2 is 2.19 bits per heavy atom. The maximum Gasteiger partial charge on any atom is 0.311 e. The second-order valence-electron chi connectivity index (χ2n) is 4.67. The molecule has 1 atom stereocenters. The van der Waals surface area contributed by atoms with Gasteiger partial charge in [0, 0.05) is 18.7 Å². The third-order valence-electron chi connectivity index (χ3n) is 3.01. The summed E-state index contributed by atoms with van der Waals surface area (Å²) in [6.45, 7) is 0.540. The first-order chi connectivity index (χ1) is 9.87. The third kappa shape index (κ3) is 4.55. The Hall–Kier alpha value is -1.38. The van der Waals surface area contributed by atoms with Crippen LogP contribution in [0.15, 0.2) is 18.2 Å². The lowest BCUT2D eigenvalue weighted by Gasteiger charge is -2.22. The normalized spacial score (nSPS) is 19.2. The fourth-order valence-electron chi connectivity index (χ4n) is 2.01. The molecular formula is C12H14ClNO6S. The van der Waals surface area contributed by atoms with Gasteiger partial charge in [0.05, 0.1) is 16.0 Å². The summed E-state index contributed by atoms with van der Waals surface area (Å²) in [5, 5.41) is 10.5. The van der Waals surface area contributed by atoms with Crippen molar-refractivity contribution in [3.63, 3.8) is 0 Å². The Labute approximate surface area is 127 Å². The lowest BCUT2D eigenvalue weighted by Crippen LogP contribution is -2.29. The van der Waals surface area contributed by atoms with Gasteiger partial charge in [0.1, 0.15) is 5.75 Å². The molecule has 116 valence electrons. The molecule has 0 spiro atoms. The summed E-state index contributed by atoms with van der Waals surface area (Å²) in [5.74, 6) is -0.390. The van der Waals surface area contributed by atoms with Crippen molar-refractivity contribution in [1.29, 1.82) is 0 Å². The first-order valence-electron chi connectivity index (χ1n) is 6.35. The number of non-ortho nitro benzene ring substituents is 1. The fourth-order valence-corrected chi connectivity index (χ4v) is 3.47. The molecule has 1 aliphatic heterocycles. The van der Waals surface area contributed by atoms with Gasteiger partial charge in [-0.15, -0.1) is 0 Å². The maximum atomic E-state index is 11.9. The highest BCUT2D eigenvalue weighted by Gasteiger charge is 2.24. The third-order valence-corrected chi connectivity index (χ3v) is 4.52. The Balaban J connectivity index is 2.07. The van der Waals surface area contributed by atoms with Crippen LogP contribution in [0, 0.1) is 10.1 Å². The quantitative estimate of drug-likeness (QED) is 0.466. The molecule has 1 fully saturated rings. The van der Waals surface area contributed by atoms with E-state index >= 15 is 0 Å². The molecule has 1 aromatic carbocycles. The zero-order valence-corrected chi connectivity index (χ0v) is 12.6. The van der Waals surface area contributed by atoms with Gasteiger partial charge < -0.3 is 8.92 Å². The number of hydrogen-bond donors (Lipinski definition) is 0. The van der Waals surface area contributed by atoms with Crippen molar-refractivity contribution in [2.24, 2.45) is 0 Å². The number of nitrogens with zero attached hydrogens (tertiary/aromatic N) is 1. The molecule has 2 rings (SSSR count). The van der Waals surface area contributed by atoms with Gasteiger partial charge in [-0.1, -0.05) is 11.6 Å². The SMILES string of the molecule is O=[N+]([O-])c1ccc(OS(=O)(=O)CC2CCCCO2)c(Cl)c1. The van der Waals surface area contributed by atoms with Gasteiger partial charge in [-0.3, -0.25) is 10.1 Å². The number of nitro groups is 1. The van der Waals surface area contributed by atoms with Crippen LogP contribution in [0.1, 0.15) is 19.3 Å². The summed E-state index contributed by atoms with van der Waals surface area (Å²) >= 11 is 5.80. The van der Waals surface area contributed by atoms with Gasteiger partial charge >= 0.3 is 10.1 Å². The van der Waals surface area contributed by atoms with Crippen molar-refractivity contribution in [2.75, 3.05) is 12.4 Å². The minimum Gasteiger partial charge on any atom is -0.381 e. The van der Waals surface area contributed by atoms with Crippen LogP contribution in [0.3, 0.4) is 0 Å². The number of benzene rings is 1. The van der Waals surface area contributed by atoms with E-state index < -0.39 is 15.0 Å². The van der Waals surface area contributed by atoms with E-state index in [0.717, 1.165) is 25.0 Å². The summed E-state index contributed by atoms with van der Waals surface area (Å²) in [5.41, 5.74) is -0.236. The molecule has 7 nitrogen and oxygen atoms in total. The topological polar surface area (TPSA) is 95.7 Å². The molecule has 9 heteroatoms. The number of hydrogen-bond acceptors (Lipinski definition) is 6. The van der Waals surface area contributed by atoms with Gasteiger partial charge in [0.25, 0.3) is 5.69 Å². The summed E-state index contributed by atoms with van der Waals surface area (Å²) < 4.78 is 34.1. The van der Waals surface area contributed by atoms with Crippen molar-refractivity contribution in [3.8, 4) is 5.75 Å². The van der Waals surface area contributed by atoms with Crippen LogP contribution in [-0.4, -0.2) is 31.8 Å². The van der Waals surface area contributed by atoms with Crippen molar-refractivity contribution in [1.82, 2.24) is 0 Å². The van der Waals surface area contributed by atoms with Gasteiger partial charge in [-0.05, 0) is 25.3 Å². The number of nitro benzene ring substituents is 1. The van der Waals surface area contributed by atoms with Crippen LogP contribution in [0.4, 0.5) is 5.69 Å². The molecular weight excluding hydrogens is 322 g/mol. The lowest BCUT2D eigenvalue weighted by atomic mass is 10.1. The molecule has 1 unspecified atom stereocenters. The van der Waals surface area contributed by atoms with Crippen LogP contribution in [0.25, 0.3) is 0 Å². The summed E-state index contributed by atoms with van der Waals surface area (Å²) in [7, 11) is -3.87. The molecule has 0 N–H and O–H groups in total. The molecule has 0 aliphatic carbocycles. The van der Waals surface area contributed by atoms with Gasteiger partial charge in [0.2, 0.25) is 0 Å². The van der Waals surface area contributed by atoms with E-state index in [2.05, 4.69) is 0 Å². The highest BCUT2D eigenvalue weighted by molar-refractivity contribution is 7.87. The maximum absolute atomic E-state index is 11.9. The van der Waals surface area contributed by atoms with Crippen molar-refractivity contribution in [3.05, 3.63) is 33.3 Å². The van der Waals surface area contributed by atoms with E-state index in [1.165, 1.54) is 6.07 Å². The highest BCUT2D eigenvalue weighted by atomic mass is 35.5. The number of rotatable bonds is 5. The molecule has 21 heavy (non-hydrogen) atoms. The monoisotopic (exact) mass is 335 g/mol. The molecule has 1 saturated heterocycles. The first-order valence-corrected chi connectivity index (χ1v) is 8.30. The Morgan fingerprint density at radius 1 is 1.43 bits per heavy atom. The predicted octanol–water partition coefficient (Wildman–Crippen LogP) is 2.53. The zero-order valence-electron chi connectivity index (χ0n) is 11.0. The fraction of sp³-hybridized carbons (Fsp3) is 0.500. The summed E-state index contributed by atoms with van der Waals surface area (Å²) in [4.78, 5) is 9.96. The van der Waals surface area contributed by atoms with E-state index in [0.29, 0.717) is 13.0 Å². The van der Waals surface area contributed by atoms with E-state index in [9.17, 15) is 18.5 Å². The minimum absolute atomic E-state index is 0.127. The Morgan fingerprint density at radius 3 is 2.76 bits per heavy atom. The van der Waals surface area contributed by atoms with Crippen LogP contribution < -0.4 is 4.18 Å². The van der Waals surface area contributed by atoms with E-state index in [-0.39, 0.29) is 28.3 Å². The average Bonchev–Trinajstić information content (AvgIpc) is 2.41. The molecule has 1 aliphatic rings. The molecule has 0 bridgehead atoms. The van der Waals surface area contributed by atoms with Crippen molar-refractivity contribution in [2.45, 2.75) is 25.4 Å². The van der Waals surface area contributed by atoms with E-state index in [1.54, 1.807) is 0 Å². The molecule has 0 aromatic heterocycles. The summed E-state index contributed by atoms with van der Waals surface area (Å²) in [6, 6.07) is 3.34. The zero-order chi connectivity index (χ0) is 15.5. The van der Waals surface area contributed by atoms with Crippen molar-refractivity contribution >= 4 is 27.4 Å². The Kier molecular flexibility index (Phi) is 5.02. The van der Waals surface area contributed by atoms with E-state index in [1.807, 2.05) is 0 Å². The minimum atomic E-state index is -3.87. The van der Waals surface area contributed by atoms with Gasteiger partial charge in [0.15, 0.2) is 5.75 Å². The van der Waals surface area contributed by atoms with E-state index in [4.69, 9.17) is 20.5 Å².